The molecule has 0 bridgehead atoms. The highest BCUT2D eigenvalue weighted by Gasteiger charge is 2.06. The lowest BCUT2D eigenvalue weighted by Gasteiger charge is -2.08. The quantitative estimate of drug-likeness (QED) is 0.678. The van der Waals surface area contributed by atoms with E-state index in [9.17, 15) is 0 Å². The topological polar surface area (TPSA) is 15.8 Å². The Morgan fingerprint density at radius 3 is 2.69 bits per heavy atom. The molecule has 0 aliphatic heterocycles. The van der Waals surface area contributed by atoms with Crippen LogP contribution in [0.4, 0.5) is 0 Å². The first-order valence-corrected chi connectivity index (χ1v) is 4.76. The molecule has 0 amide bonds. The van der Waals surface area contributed by atoms with Crippen molar-refractivity contribution in [2.24, 2.45) is 0 Å². The highest BCUT2D eigenvalue weighted by Crippen LogP contribution is 2.25. The second-order valence-electron chi connectivity index (χ2n) is 3.95. The van der Waals surface area contributed by atoms with Gasteiger partial charge in [-0.3, -0.25) is 0 Å². The minimum absolute atomic E-state index is 0.584. The van der Waals surface area contributed by atoms with Crippen LogP contribution in [0.3, 0.4) is 0 Å². The fourth-order valence-electron chi connectivity index (χ4n) is 1.81. The van der Waals surface area contributed by atoms with Crippen LogP contribution in [-0.4, -0.2) is 4.98 Å². The number of aromatic amines is 1. The molecule has 0 aliphatic carbocycles. The van der Waals surface area contributed by atoms with Crippen molar-refractivity contribution in [3.05, 3.63) is 35.5 Å². The summed E-state index contributed by atoms with van der Waals surface area (Å²) in [6.07, 6.45) is 2.01. The predicted molar refractivity (Wildman–Crippen MR) is 57.1 cm³/mol. The molecular formula is C12H15N. The van der Waals surface area contributed by atoms with Crippen LogP contribution in [0.2, 0.25) is 0 Å². The van der Waals surface area contributed by atoms with Crippen LogP contribution in [0.25, 0.3) is 10.9 Å². The number of hydrogen-bond acceptors (Lipinski definition) is 0. The van der Waals surface area contributed by atoms with E-state index in [1.807, 2.05) is 6.20 Å². The van der Waals surface area contributed by atoms with Gasteiger partial charge in [0, 0.05) is 11.7 Å². The molecule has 1 heteroatoms. The van der Waals surface area contributed by atoms with E-state index in [2.05, 4.69) is 44.0 Å². The first-order valence-electron chi connectivity index (χ1n) is 4.76. The smallest absolute Gasteiger partial charge is 0.0489 e. The lowest BCUT2D eigenvalue weighted by atomic mass is 9.98. The molecule has 68 valence electrons. The second kappa shape index (κ2) is 2.91. The van der Waals surface area contributed by atoms with Crippen LogP contribution in [0.5, 0.6) is 0 Å². The van der Waals surface area contributed by atoms with Gasteiger partial charge in [0.25, 0.3) is 0 Å². The molecule has 13 heavy (non-hydrogen) atoms. The Bertz CT molecular complexity index is 424. The van der Waals surface area contributed by atoms with Crippen molar-refractivity contribution in [3.8, 4) is 0 Å². The molecule has 1 aromatic carbocycles. The summed E-state index contributed by atoms with van der Waals surface area (Å²) in [5, 5.41) is 1.32. The van der Waals surface area contributed by atoms with E-state index in [1.54, 1.807) is 0 Å². The van der Waals surface area contributed by atoms with Gasteiger partial charge in [0.2, 0.25) is 0 Å². The van der Waals surface area contributed by atoms with Crippen molar-refractivity contribution in [2.45, 2.75) is 26.7 Å². The fourth-order valence-corrected chi connectivity index (χ4v) is 1.81. The van der Waals surface area contributed by atoms with E-state index in [0.717, 1.165) is 0 Å². The van der Waals surface area contributed by atoms with Crippen molar-refractivity contribution < 1.29 is 0 Å². The average molecular weight is 173 g/mol. The number of hydrogen-bond donors (Lipinski definition) is 1. The Labute approximate surface area is 78.8 Å². The lowest BCUT2D eigenvalue weighted by Crippen LogP contribution is -1.90. The molecule has 2 aromatic rings. The van der Waals surface area contributed by atoms with Gasteiger partial charge in [0.05, 0.1) is 0 Å². The van der Waals surface area contributed by atoms with Crippen molar-refractivity contribution in [1.29, 1.82) is 0 Å². The summed E-state index contributed by atoms with van der Waals surface area (Å²) in [6, 6.07) is 6.62. The Morgan fingerprint density at radius 2 is 2.00 bits per heavy atom. The summed E-state index contributed by atoms with van der Waals surface area (Å²) in [5.74, 6) is 0.584. The number of aryl methyl sites for hydroxylation is 1. The molecule has 0 atom stereocenters. The summed E-state index contributed by atoms with van der Waals surface area (Å²) >= 11 is 0. The van der Waals surface area contributed by atoms with E-state index in [4.69, 9.17) is 0 Å². The van der Waals surface area contributed by atoms with Gasteiger partial charge in [-0.05, 0) is 35.9 Å². The molecule has 0 saturated heterocycles. The van der Waals surface area contributed by atoms with Crippen molar-refractivity contribution in [2.75, 3.05) is 0 Å². The third kappa shape index (κ3) is 1.35. The maximum absolute atomic E-state index is 3.30. The Morgan fingerprint density at radius 1 is 1.23 bits per heavy atom. The van der Waals surface area contributed by atoms with Gasteiger partial charge in [-0.2, -0.15) is 0 Å². The Hall–Kier alpha value is -1.24. The number of rotatable bonds is 1. The molecule has 1 heterocycles. The maximum atomic E-state index is 3.30. The highest BCUT2D eigenvalue weighted by atomic mass is 14.7. The Balaban J connectivity index is 2.77. The normalized spacial score (nSPS) is 11.4. The number of aromatic nitrogens is 1. The summed E-state index contributed by atoms with van der Waals surface area (Å²) in [4.78, 5) is 3.30. The Kier molecular flexibility index (Phi) is 1.87. The minimum Gasteiger partial charge on any atom is -0.361 e. The van der Waals surface area contributed by atoms with Crippen LogP contribution in [0, 0.1) is 6.92 Å². The zero-order chi connectivity index (χ0) is 9.42. The molecule has 2 rings (SSSR count). The number of H-pyrrole nitrogens is 1. The van der Waals surface area contributed by atoms with Crippen LogP contribution < -0.4 is 0 Å². The van der Waals surface area contributed by atoms with Gasteiger partial charge in [-0.25, -0.2) is 0 Å². The molecule has 1 nitrogen and oxygen atoms in total. The lowest BCUT2D eigenvalue weighted by molar-refractivity contribution is 0.872. The molecule has 0 saturated carbocycles. The fraction of sp³-hybridized carbons (Fsp3) is 0.333. The molecule has 1 N–H and O–H groups in total. The van der Waals surface area contributed by atoms with E-state index in [-0.39, 0.29) is 0 Å². The molecule has 1 aromatic heterocycles. The van der Waals surface area contributed by atoms with Gasteiger partial charge in [-0.1, -0.05) is 25.5 Å². The summed E-state index contributed by atoms with van der Waals surface area (Å²) in [6.45, 7) is 6.61. The van der Waals surface area contributed by atoms with Crippen LogP contribution in [0.15, 0.2) is 24.4 Å². The van der Waals surface area contributed by atoms with Gasteiger partial charge in [-0.15, -0.1) is 0 Å². The van der Waals surface area contributed by atoms with Crippen LogP contribution >= 0.6 is 0 Å². The first kappa shape index (κ1) is 8.36. The molecule has 0 fully saturated rings. The zero-order valence-electron chi connectivity index (χ0n) is 8.39. The maximum Gasteiger partial charge on any atom is 0.0489 e. The van der Waals surface area contributed by atoms with Gasteiger partial charge in [0.15, 0.2) is 0 Å². The minimum atomic E-state index is 0.584. The zero-order valence-corrected chi connectivity index (χ0v) is 8.39. The number of fused-ring (bicyclic) bond motifs is 1. The van der Waals surface area contributed by atoms with Gasteiger partial charge >= 0.3 is 0 Å². The third-order valence-corrected chi connectivity index (χ3v) is 2.46. The number of benzene rings is 1. The van der Waals surface area contributed by atoms with Crippen molar-refractivity contribution in [3.63, 3.8) is 0 Å². The van der Waals surface area contributed by atoms with Crippen molar-refractivity contribution in [1.82, 2.24) is 4.98 Å². The largest absolute Gasteiger partial charge is 0.361 e. The average Bonchev–Trinajstić information content (AvgIpc) is 2.49. The molecule has 0 radical (unpaired) electrons. The van der Waals surface area contributed by atoms with Gasteiger partial charge < -0.3 is 4.98 Å². The SMILES string of the molecule is Cc1cc(C(C)C)c2[nH]ccc2c1. The second-order valence-corrected chi connectivity index (χ2v) is 3.95. The summed E-state index contributed by atoms with van der Waals surface area (Å²) < 4.78 is 0. The van der Waals surface area contributed by atoms with Gasteiger partial charge in [0.1, 0.15) is 0 Å². The monoisotopic (exact) mass is 173 g/mol. The predicted octanol–water partition coefficient (Wildman–Crippen LogP) is 3.60. The standard InChI is InChI=1S/C12H15N/c1-8(2)11-7-9(3)6-10-4-5-13-12(10)11/h4-8,13H,1-3H3. The van der Waals surface area contributed by atoms with Crippen LogP contribution in [-0.2, 0) is 0 Å². The van der Waals surface area contributed by atoms with E-state index in [0.29, 0.717) is 5.92 Å². The number of nitrogens with one attached hydrogen (secondary N) is 1. The highest BCUT2D eigenvalue weighted by molar-refractivity contribution is 5.83. The van der Waals surface area contributed by atoms with E-state index < -0.39 is 0 Å². The van der Waals surface area contributed by atoms with Crippen molar-refractivity contribution >= 4 is 10.9 Å². The van der Waals surface area contributed by atoms with E-state index >= 15 is 0 Å². The first-order chi connectivity index (χ1) is 6.18. The van der Waals surface area contributed by atoms with E-state index in [1.165, 1.54) is 22.0 Å². The molecule has 0 aliphatic rings. The molecule has 0 unspecified atom stereocenters. The molecule has 0 spiro atoms. The molecular weight excluding hydrogens is 158 g/mol. The van der Waals surface area contributed by atoms with Crippen LogP contribution in [0.1, 0.15) is 30.9 Å². The summed E-state index contributed by atoms with van der Waals surface area (Å²) in [5.41, 5.74) is 4.05. The summed E-state index contributed by atoms with van der Waals surface area (Å²) in [7, 11) is 0. The third-order valence-electron chi connectivity index (χ3n) is 2.46.